The molecule has 100 valence electrons. The highest BCUT2D eigenvalue weighted by Crippen LogP contribution is 2.20. The predicted octanol–water partition coefficient (Wildman–Crippen LogP) is 1.40. The van der Waals surface area contributed by atoms with Crippen LogP contribution in [0.15, 0.2) is 0 Å². The Morgan fingerprint density at radius 2 is 2.12 bits per heavy atom. The Morgan fingerprint density at radius 1 is 1.47 bits per heavy atom. The van der Waals surface area contributed by atoms with Gasteiger partial charge in [-0.15, -0.1) is 0 Å². The van der Waals surface area contributed by atoms with Gasteiger partial charge in [-0.05, 0) is 33.1 Å². The zero-order chi connectivity index (χ0) is 13.0. The molecule has 1 aliphatic heterocycles. The molecule has 0 radical (unpaired) electrons. The van der Waals surface area contributed by atoms with Crippen LogP contribution in [0.25, 0.3) is 0 Å². The number of piperidine rings is 1. The van der Waals surface area contributed by atoms with E-state index in [4.69, 9.17) is 4.74 Å². The van der Waals surface area contributed by atoms with E-state index < -0.39 is 0 Å². The molecule has 1 aliphatic rings. The van der Waals surface area contributed by atoms with Crippen LogP contribution in [0.2, 0.25) is 0 Å². The van der Waals surface area contributed by atoms with Crippen molar-refractivity contribution >= 4 is 5.91 Å². The summed E-state index contributed by atoms with van der Waals surface area (Å²) in [5, 5.41) is 3.54. The molecule has 0 aromatic rings. The summed E-state index contributed by atoms with van der Waals surface area (Å²) in [5.41, 5.74) is 0. The van der Waals surface area contributed by atoms with Crippen molar-refractivity contribution in [3.63, 3.8) is 0 Å². The van der Waals surface area contributed by atoms with E-state index in [0.717, 1.165) is 19.3 Å². The van der Waals surface area contributed by atoms with E-state index in [1.54, 1.807) is 19.0 Å². The summed E-state index contributed by atoms with van der Waals surface area (Å²) in [5.74, 6) is 0.0403. The van der Waals surface area contributed by atoms with Crippen LogP contribution < -0.4 is 5.32 Å². The van der Waals surface area contributed by atoms with Crippen molar-refractivity contribution in [2.45, 2.75) is 64.3 Å². The molecule has 1 rings (SSSR count). The van der Waals surface area contributed by atoms with Gasteiger partial charge in [0.05, 0.1) is 6.10 Å². The van der Waals surface area contributed by atoms with Crippen LogP contribution >= 0.6 is 0 Å². The highest BCUT2D eigenvalue weighted by molar-refractivity contribution is 5.79. The Morgan fingerprint density at radius 3 is 2.65 bits per heavy atom. The molecule has 4 atom stereocenters. The summed E-state index contributed by atoms with van der Waals surface area (Å²) < 4.78 is 5.91. The fourth-order valence-corrected chi connectivity index (χ4v) is 2.40. The average Bonchev–Trinajstić information content (AvgIpc) is 2.30. The highest BCUT2D eigenvalue weighted by Gasteiger charge is 2.30. The van der Waals surface area contributed by atoms with Crippen molar-refractivity contribution in [3.8, 4) is 0 Å². The number of hydrogen-bond donors (Lipinski definition) is 1. The third-order valence-corrected chi connectivity index (χ3v) is 3.44. The van der Waals surface area contributed by atoms with Crippen molar-refractivity contribution < 1.29 is 9.53 Å². The Labute approximate surface area is 105 Å². The molecule has 1 amide bonds. The lowest BCUT2D eigenvalue weighted by atomic mass is 9.94. The number of carbonyl (C=O) groups is 1. The first-order chi connectivity index (χ1) is 7.95. The summed E-state index contributed by atoms with van der Waals surface area (Å²) in [6, 6.07) is 0.927. The van der Waals surface area contributed by atoms with Crippen molar-refractivity contribution in [2.75, 3.05) is 14.1 Å². The standard InChI is InChI=1S/C13H26N2O2/c1-6-11-12(8-7-9(2)14-11)17-10(3)13(16)15(4)5/h9-12,14H,6-8H2,1-5H3. The van der Waals surface area contributed by atoms with E-state index in [2.05, 4.69) is 19.2 Å². The van der Waals surface area contributed by atoms with Crippen LogP contribution in [0.5, 0.6) is 0 Å². The van der Waals surface area contributed by atoms with Crippen LogP contribution in [0.1, 0.15) is 40.0 Å². The smallest absolute Gasteiger partial charge is 0.250 e. The van der Waals surface area contributed by atoms with Gasteiger partial charge in [0.25, 0.3) is 5.91 Å². The van der Waals surface area contributed by atoms with Crippen LogP contribution in [-0.4, -0.2) is 49.2 Å². The van der Waals surface area contributed by atoms with E-state index in [-0.39, 0.29) is 18.1 Å². The van der Waals surface area contributed by atoms with E-state index in [1.807, 2.05) is 6.92 Å². The quantitative estimate of drug-likeness (QED) is 0.810. The second-order valence-corrected chi connectivity index (χ2v) is 5.21. The number of nitrogens with one attached hydrogen (secondary N) is 1. The molecule has 0 saturated carbocycles. The summed E-state index contributed by atoms with van der Waals surface area (Å²) in [6.45, 7) is 6.20. The number of likely N-dealkylation sites (N-methyl/N-ethyl adjacent to an activating group) is 1. The molecule has 0 spiro atoms. The maximum atomic E-state index is 11.8. The first-order valence-electron chi connectivity index (χ1n) is 6.58. The fraction of sp³-hybridized carbons (Fsp3) is 0.923. The first kappa shape index (κ1) is 14.5. The second-order valence-electron chi connectivity index (χ2n) is 5.21. The lowest BCUT2D eigenvalue weighted by molar-refractivity contribution is -0.146. The van der Waals surface area contributed by atoms with Gasteiger partial charge in [-0.2, -0.15) is 0 Å². The molecule has 1 saturated heterocycles. The molecule has 4 unspecified atom stereocenters. The van der Waals surface area contributed by atoms with E-state index in [1.165, 1.54) is 0 Å². The minimum absolute atomic E-state index is 0.0403. The van der Waals surface area contributed by atoms with E-state index >= 15 is 0 Å². The molecular weight excluding hydrogens is 216 g/mol. The number of hydrogen-bond acceptors (Lipinski definition) is 3. The highest BCUT2D eigenvalue weighted by atomic mass is 16.5. The van der Waals surface area contributed by atoms with Crippen molar-refractivity contribution in [2.24, 2.45) is 0 Å². The van der Waals surface area contributed by atoms with Crippen LogP contribution in [0.4, 0.5) is 0 Å². The minimum Gasteiger partial charge on any atom is -0.364 e. The van der Waals surface area contributed by atoms with Gasteiger partial charge in [0.2, 0.25) is 0 Å². The summed E-state index contributed by atoms with van der Waals surface area (Å²) in [7, 11) is 3.53. The molecule has 0 aromatic heterocycles. The number of nitrogens with zero attached hydrogens (tertiary/aromatic N) is 1. The van der Waals surface area contributed by atoms with Crippen LogP contribution in [0, 0.1) is 0 Å². The Hall–Kier alpha value is -0.610. The van der Waals surface area contributed by atoms with Gasteiger partial charge in [-0.1, -0.05) is 6.92 Å². The van der Waals surface area contributed by atoms with Gasteiger partial charge in [0.15, 0.2) is 0 Å². The topological polar surface area (TPSA) is 41.6 Å². The molecule has 0 aromatic carbocycles. The van der Waals surface area contributed by atoms with Crippen LogP contribution in [0.3, 0.4) is 0 Å². The third-order valence-electron chi connectivity index (χ3n) is 3.44. The van der Waals surface area contributed by atoms with E-state index in [0.29, 0.717) is 12.1 Å². The zero-order valence-electron chi connectivity index (χ0n) is 11.7. The van der Waals surface area contributed by atoms with Crippen LogP contribution in [-0.2, 0) is 9.53 Å². The number of ether oxygens (including phenoxy) is 1. The lowest BCUT2D eigenvalue weighted by Crippen LogP contribution is -2.51. The molecule has 4 heteroatoms. The molecule has 4 nitrogen and oxygen atoms in total. The Kier molecular flexibility index (Phi) is 5.40. The fourth-order valence-electron chi connectivity index (χ4n) is 2.40. The SMILES string of the molecule is CCC1NC(C)CCC1OC(C)C(=O)N(C)C. The maximum Gasteiger partial charge on any atom is 0.250 e. The molecular formula is C13H26N2O2. The van der Waals surface area contributed by atoms with Crippen molar-refractivity contribution in [1.29, 1.82) is 0 Å². The van der Waals surface area contributed by atoms with Crippen molar-refractivity contribution in [1.82, 2.24) is 10.2 Å². The normalized spacial score (nSPS) is 31.0. The molecule has 17 heavy (non-hydrogen) atoms. The Balaban J connectivity index is 2.52. The molecule has 0 bridgehead atoms. The van der Waals surface area contributed by atoms with Gasteiger partial charge in [-0.3, -0.25) is 4.79 Å². The van der Waals surface area contributed by atoms with Gasteiger partial charge < -0.3 is 15.0 Å². The van der Waals surface area contributed by atoms with E-state index in [9.17, 15) is 4.79 Å². The molecule has 1 N–H and O–H groups in total. The number of carbonyl (C=O) groups excluding carboxylic acids is 1. The second kappa shape index (κ2) is 6.36. The zero-order valence-corrected chi connectivity index (χ0v) is 11.7. The van der Waals surface area contributed by atoms with Gasteiger partial charge in [0.1, 0.15) is 6.10 Å². The first-order valence-corrected chi connectivity index (χ1v) is 6.58. The monoisotopic (exact) mass is 242 g/mol. The molecule has 1 fully saturated rings. The summed E-state index contributed by atoms with van der Waals surface area (Å²) >= 11 is 0. The maximum absolute atomic E-state index is 11.8. The summed E-state index contributed by atoms with van der Waals surface area (Å²) in [4.78, 5) is 13.3. The predicted molar refractivity (Wildman–Crippen MR) is 68.9 cm³/mol. The van der Waals surface area contributed by atoms with Gasteiger partial charge in [-0.25, -0.2) is 0 Å². The number of rotatable bonds is 4. The third kappa shape index (κ3) is 3.96. The molecule has 0 aliphatic carbocycles. The van der Waals surface area contributed by atoms with Gasteiger partial charge in [0, 0.05) is 26.2 Å². The largest absolute Gasteiger partial charge is 0.364 e. The Bertz CT molecular complexity index is 256. The van der Waals surface area contributed by atoms with Crippen molar-refractivity contribution in [3.05, 3.63) is 0 Å². The average molecular weight is 242 g/mol. The number of amides is 1. The summed E-state index contributed by atoms with van der Waals surface area (Å²) in [6.07, 6.45) is 3.01. The van der Waals surface area contributed by atoms with Gasteiger partial charge >= 0.3 is 0 Å². The minimum atomic E-state index is -0.348. The molecule has 1 heterocycles. The lowest BCUT2D eigenvalue weighted by Gasteiger charge is -2.37.